The lowest BCUT2D eigenvalue weighted by atomic mass is 10.3. The molecule has 0 unspecified atom stereocenters. The van der Waals surface area contributed by atoms with E-state index in [4.69, 9.17) is 9.84 Å². The zero-order valence-electron chi connectivity index (χ0n) is 9.56. The third kappa shape index (κ3) is 4.03. The van der Waals surface area contributed by atoms with Crippen LogP contribution in [0.4, 0.5) is 0 Å². The maximum Gasteiger partial charge on any atom is 0.257 e. The van der Waals surface area contributed by atoms with Crippen molar-refractivity contribution in [1.82, 2.24) is 10.3 Å². The van der Waals surface area contributed by atoms with Crippen LogP contribution in [0.2, 0.25) is 0 Å². The average Bonchev–Trinajstić information content (AvgIpc) is 3.18. The zero-order valence-corrected chi connectivity index (χ0v) is 9.56. The summed E-state index contributed by atoms with van der Waals surface area (Å²) in [5, 5.41) is 11.6. The molecule has 1 saturated carbocycles. The van der Waals surface area contributed by atoms with Gasteiger partial charge in [0.2, 0.25) is 0 Å². The number of hydrogen-bond donors (Lipinski definition) is 2. The van der Waals surface area contributed by atoms with Gasteiger partial charge in [-0.1, -0.05) is 0 Å². The molecule has 0 bridgehead atoms. The van der Waals surface area contributed by atoms with Gasteiger partial charge in [-0.25, -0.2) is 0 Å². The van der Waals surface area contributed by atoms with Crippen LogP contribution in [0.25, 0.3) is 0 Å². The number of aliphatic hydroxyl groups excluding tert-OH is 1. The first-order chi connectivity index (χ1) is 8.28. The number of pyridine rings is 1. The molecule has 0 spiro atoms. The number of aromatic nitrogens is 1. The predicted molar refractivity (Wildman–Crippen MR) is 61.4 cm³/mol. The Balaban J connectivity index is 1.70. The molecule has 1 fully saturated rings. The minimum absolute atomic E-state index is 0.00682. The largest absolute Gasteiger partial charge is 0.482 e. The molecule has 1 aromatic heterocycles. The van der Waals surface area contributed by atoms with E-state index in [1.165, 1.54) is 19.0 Å². The maximum atomic E-state index is 11.4. The van der Waals surface area contributed by atoms with Crippen LogP contribution >= 0.6 is 0 Å². The predicted octanol–water partition coefficient (Wildman–Crippen LogP) is 0.479. The van der Waals surface area contributed by atoms with Crippen molar-refractivity contribution in [3.05, 3.63) is 24.0 Å². The van der Waals surface area contributed by atoms with E-state index >= 15 is 0 Å². The van der Waals surface area contributed by atoms with Crippen molar-refractivity contribution in [1.29, 1.82) is 0 Å². The number of carbonyl (C=O) groups excluding carboxylic acids is 1. The van der Waals surface area contributed by atoms with Gasteiger partial charge >= 0.3 is 0 Å². The summed E-state index contributed by atoms with van der Waals surface area (Å²) in [6.07, 6.45) is 3.93. The molecule has 1 amide bonds. The van der Waals surface area contributed by atoms with Gasteiger partial charge in [-0.15, -0.1) is 0 Å². The molecule has 1 aromatic rings. The smallest absolute Gasteiger partial charge is 0.257 e. The minimum Gasteiger partial charge on any atom is -0.482 e. The van der Waals surface area contributed by atoms with Crippen LogP contribution in [-0.4, -0.2) is 29.1 Å². The number of nitrogens with zero attached hydrogens (tertiary/aromatic N) is 1. The summed E-state index contributed by atoms with van der Waals surface area (Å²) in [7, 11) is 0. The Kier molecular flexibility index (Phi) is 3.93. The Labute approximate surface area is 99.8 Å². The van der Waals surface area contributed by atoms with Crippen LogP contribution < -0.4 is 10.1 Å². The maximum absolute atomic E-state index is 11.4. The number of ether oxygens (including phenoxy) is 1. The number of amides is 1. The van der Waals surface area contributed by atoms with E-state index in [-0.39, 0.29) is 19.1 Å². The fraction of sp³-hybridized carbons (Fsp3) is 0.500. The quantitative estimate of drug-likeness (QED) is 0.753. The first-order valence-corrected chi connectivity index (χ1v) is 5.73. The van der Waals surface area contributed by atoms with Crippen molar-refractivity contribution < 1.29 is 14.6 Å². The second kappa shape index (κ2) is 5.63. The highest BCUT2D eigenvalue weighted by Crippen LogP contribution is 2.27. The average molecular weight is 236 g/mol. The highest BCUT2D eigenvalue weighted by Gasteiger charge is 2.21. The molecule has 0 aromatic carbocycles. The van der Waals surface area contributed by atoms with Crippen molar-refractivity contribution in [2.45, 2.75) is 19.4 Å². The Hall–Kier alpha value is -1.62. The van der Waals surface area contributed by atoms with Crippen molar-refractivity contribution in [2.75, 3.05) is 13.2 Å². The summed E-state index contributed by atoms with van der Waals surface area (Å²) >= 11 is 0. The van der Waals surface area contributed by atoms with Gasteiger partial charge in [-0.3, -0.25) is 9.78 Å². The molecule has 1 heterocycles. The normalized spacial score (nSPS) is 14.4. The van der Waals surface area contributed by atoms with Gasteiger partial charge in [0.25, 0.3) is 5.91 Å². The Morgan fingerprint density at radius 1 is 1.53 bits per heavy atom. The lowest BCUT2D eigenvalue weighted by Gasteiger charge is -2.06. The van der Waals surface area contributed by atoms with Crippen LogP contribution in [0.5, 0.6) is 5.75 Å². The van der Waals surface area contributed by atoms with E-state index in [9.17, 15) is 4.79 Å². The van der Waals surface area contributed by atoms with E-state index in [0.717, 1.165) is 6.54 Å². The summed E-state index contributed by atoms with van der Waals surface area (Å²) in [4.78, 5) is 15.3. The highest BCUT2D eigenvalue weighted by molar-refractivity contribution is 5.77. The van der Waals surface area contributed by atoms with Gasteiger partial charge in [-0.2, -0.15) is 0 Å². The molecule has 17 heavy (non-hydrogen) atoms. The number of carbonyl (C=O) groups is 1. The van der Waals surface area contributed by atoms with E-state index < -0.39 is 0 Å². The molecule has 92 valence electrons. The molecular formula is C12H16N2O3. The summed E-state index contributed by atoms with van der Waals surface area (Å²) in [6, 6.07) is 3.35. The number of hydrogen-bond acceptors (Lipinski definition) is 4. The van der Waals surface area contributed by atoms with Crippen LogP contribution in [0, 0.1) is 5.92 Å². The van der Waals surface area contributed by atoms with Crippen LogP contribution in [-0.2, 0) is 11.4 Å². The van der Waals surface area contributed by atoms with E-state index in [1.54, 1.807) is 12.1 Å². The molecule has 0 radical (unpaired) electrons. The molecule has 1 aliphatic carbocycles. The number of rotatable bonds is 6. The first-order valence-electron chi connectivity index (χ1n) is 5.73. The molecule has 0 aliphatic heterocycles. The first kappa shape index (κ1) is 11.9. The lowest BCUT2D eigenvalue weighted by molar-refractivity contribution is -0.123. The third-order valence-electron chi connectivity index (χ3n) is 2.61. The summed E-state index contributed by atoms with van der Waals surface area (Å²) < 4.78 is 5.26. The molecule has 0 atom stereocenters. The SMILES string of the molecule is O=C(COc1ccc(CO)nc1)NCC1CC1. The summed E-state index contributed by atoms with van der Waals surface area (Å²) in [5.41, 5.74) is 0.579. The second-order valence-electron chi connectivity index (χ2n) is 4.18. The highest BCUT2D eigenvalue weighted by atomic mass is 16.5. The fourth-order valence-electron chi connectivity index (χ4n) is 1.37. The lowest BCUT2D eigenvalue weighted by Crippen LogP contribution is -2.30. The number of nitrogens with one attached hydrogen (secondary N) is 1. The topological polar surface area (TPSA) is 71.5 Å². The molecule has 5 nitrogen and oxygen atoms in total. The summed E-state index contributed by atoms with van der Waals surface area (Å²) in [5.74, 6) is 1.09. The minimum atomic E-state index is -0.108. The Morgan fingerprint density at radius 3 is 2.94 bits per heavy atom. The third-order valence-corrected chi connectivity index (χ3v) is 2.61. The number of aliphatic hydroxyl groups is 1. The van der Waals surface area contributed by atoms with E-state index in [0.29, 0.717) is 17.4 Å². The van der Waals surface area contributed by atoms with E-state index in [1.807, 2.05) is 0 Å². The van der Waals surface area contributed by atoms with Gasteiger partial charge in [0.05, 0.1) is 18.5 Å². The molecule has 0 saturated heterocycles. The molecule has 5 heteroatoms. The van der Waals surface area contributed by atoms with E-state index in [2.05, 4.69) is 10.3 Å². The van der Waals surface area contributed by atoms with Crippen molar-refractivity contribution in [3.63, 3.8) is 0 Å². The van der Waals surface area contributed by atoms with Gasteiger partial charge < -0.3 is 15.2 Å². The second-order valence-corrected chi connectivity index (χ2v) is 4.18. The van der Waals surface area contributed by atoms with Gasteiger partial charge in [0.15, 0.2) is 6.61 Å². The molecule has 2 N–H and O–H groups in total. The monoisotopic (exact) mass is 236 g/mol. The molecule has 1 aliphatic rings. The van der Waals surface area contributed by atoms with Gasteiger partial charge in [0.1, 0.15) is 5.75 Å². The van der Waals surface area contributed by atoms with Crippen LogP contribution in [0.1, 0.15) is 18.5 Å². The standard InChI is InChI=1S/C12H16N2O3/c15-7-10-3-4-11(6-13-10)17-8-12(16)14-5-9-1-2-9/h3-4,6,9,15H,1-2,5,7-8H2,(H,14,16). The van der Waals surface area contributed by atoms with Crippen molar-refractivity contribution >= 4 is 5.91 Å². The molecule has 2 rings (SSSR count). The van der Waals surface area contributed by atoms with Crippen LogP contribution in [0.3, 0.4) is 0 Å². The van der Waals surface area contributed by atoms with Gasteiger partial charge in [-0.05, 0) is 30.9 Å². The zero-order chi connectivity index (χ0) is 12.1. The Bertz CT molecular complexity index is 374. The van der Waals surface area contributed by atoms with Crippen molar-refractivity contribution in [3.8, 4) is 5.75 Å². The van der Waals surface area contributed by atoms with Crippen LogP contribution in [0.15, 0.2) is 18.3 Å². The Morgan fingerprint density at radius 2 is 2.35 bits per heavy atom. The summed E-state index contributed by atoms with van der Waals surface area (Å²) in [6.45, 7) is 0.666. The fourth-order valence-corrected chi connectivity index (χ4v) is 1.37. The molecular weight excluding hydrogens is 220 g/mol. The van der Waals surface area contributed by atoms with Crippen molar-refractivity contribution in [2.24, 2.45) is 5.92 Å². The van der Waals surface area contributed by atoms with Gasteiger partial charge in [0, 0.05) is 6.54 Å².